The summed E-state index contributed by atoms with van der Waals surface area (Å²) in [6.07, 6.45) is -0.309. The SMILES string of the molecule is N#Cc1ccccc1CN1CCN(C(=O)C[C@H](N)Cc2cc(F)c(F)cc2F)CC1=O. The minimum atomic E-state index is -1.29. The Hall–Kier alpha value is -3.38. The molecule has 0 spiro atoms. The Balaban J connectivity index is 1.55. The van der Waals surface area contributed by atoms with E-state index in [1.165, 1.54) is 4.90 Å². The van der Waals surface area contributed by atoms with E-state index in [0.29, 0.717) is 24.7 Å². The van der Waals surface area contributed by atoms with Crippen molar-refractivity contribution in [3.05, 3.63) is 70.5 Å². The molecule has 1 atom stereocenters. The van der Waals surface area contributed by atoms with Crippen LogP contribution in [-0.4, -0.2) is 47.3 Å². The summed E-state index contributed by atoms with van der Waals surface area (Å²) in [7, 11) is 0. The van der Waals surface area contributed by atoms with Crippen LogP contribution in [0.2, 0.25) is 0 Å². The molecular weight excluding hydrogens is 409 g/mol. The highest BCUT2D eigenvalue weighted by atomic mass is 19.2. The Morgan fingerprint density at radius 2 is 1.81 bits per heavy atom. The molecule has 2 amide bonds. The second kappa shape index (κ2) is 9.62. The molecule has 1 saturated heterocycles. The van der Waals surface area contributed by atoms with Crippen molar-refractivity contribution in [3.63, 3.8) is 0 Å². The van der Waals surface area contributed by atoms with Crippen LogP contribution in [0.15, 0.2) is 36.4 Å². The van der Waals surface area contributed by atoms with Crippen LogP contribution in [0.4, 0.5) is 13.2 Å². The maximum absolute atomic E-state index is 13.8. The Labute approximate surface area is 177 Å². The summed E-state index contributed by atoms with van der Waals surface area (Å²) in [6.45, 7) is 0.752. The zero-order chi connectivity index (χ0) is 22.5. The first-order valence-corrected chi connectivity index (χ1v) is 9.71. The molecule has 1 fully saturated rings. The number of nitriles is 1. The quantitative estimate of drug-likeness (QED) is 0.711. The molecule has 2 N–H and O–H groups in total. The molecule has 3 rings (SSSR count). The van der Waals surface area contributed by atoms with Gasteiger partial charge in [-0.1, -0.05) is 18.2 Å². The molecule has 2 aromatic rings. The predicted molar refractivity (Wildman–Crippen MR) is 106 cm³/mol. The highest BCUT2D eigenvalue weighted by molar-refractivity contribution is 5.86. The van der Waals surface area contributed by atoms with Crippen LogP contribution >= 0.6 is 0 Å². The van der Waals surface area contributed by atoms with Crippen LogP contribution in [0.25, 0.3) is 0 Å². The molecule has 162 valence electrons. The number of nitrogens with zero attached hydrogens (tertiary/aromatic N) is 3. The van der Waals surface area contributed by atoms with Gasteiger partial charge in [-0.25, -0.2) is 13.2 Å². The summed E-state index contributed by atoms with van der Waals surface area (Å²) < 4.78 is 40.2. The van der Waals surface area contributed by atoms with Gasteiger partial charge in [-0.15, -0.1) is 0 Å². The molecule has 0 bridgehead atoms. The summed E-state index contributed by atoms with van der Waals surface area (Å²) in [5.41, 5.74) is 7.02. The van der Waals surface area contributed by atoms with E-state index < -0.39 is 23.5 Å². The fourth-order valence-electron chi connectivity index (χ4n) is 3.49. The molecular formula is C22H21F3N4O2. The van der Waals surface area contributed by atoms with Gasteiger partial charge < -0.3 is 15.5 Å². The van der Waals surface area contributed by atoms with Crippen molar-refractivity contribution in [1.29, 1.82) is 5.26 Å². The highest BCUT2D eigenvalue weighted by Crippen LogP contribution is 2.17. The first-order chi connectivity index (χ1) is 14.8. The van der Waals surface area contributed by atoms with Crippen molar-refractivity contribution in [2.45, 2.75) is 25.4 Å². The van der Waals surface area contributed by atoms with Gasteiger partial charge in [0.1, 0.15) is 5.82 Å². The van der Waals surface area contributed by atoms with Gasteiger partial charge in [-0.2, -0.15) is 5.26 Å². The molecule has 0 unspecified atom stereocenters. The number of hydrogen-bond acceptors (Lipinski definition) is 4. The van der Waals surface area contributed by atoms with Gasteiger partial charge in [0.2, 0.25) is 11.8 Å². The van der Waals surface area contributed by atoms with Crippen molar-refractivity contribution in [3.8, 4) is 6.07 Å². The largest absolute Gasteiger partial charge is 0.335 e. The fourth-order valence-corrected chi connectivity index (χ4v) is 3.49. The summed E-state index contributed by atoms with van der Waals surface area (Å²) in [5.74, 6) is -4.04. The van der Waals surface area contributed by atoms with E-state index in [-0.39, 0.29) is 43.3 Å². The van der Waals surface area contributed by atoms with Crippen molar-refractivity contribution >= 4 is 11.8 Å². The van der Waals surface area contributed by atoms with Crippen LogP contribution in [-0.2, 0) is 22.6 Å². The standard InChI is InChI=1S/C22H21F3N4O2/c23-18-10-20(25)19(24)8-16(18)7-17(27)9-21(30)29-6-5-28(22(31)13-29)12-15-4-2-1-3-14(15)11-26/h1-4,8,10,17H,5-7,9,12-13,27H2/t17-/m1/s1. The number of benzene rings is 2. The zero-order valence-electron chi connectivity index (χ0n) is 16.7. The molecule has 2 aromatic carbocycles. The topological polar surface area (TPSA) is 90.4 Å². The molecule has 0 radical (unpaired) electrons. The van der Waals surface area contributed by atoms with E-state index in [2.05, 4.69) is 6.07 Å². The average molecular weight is 430 g/mol. The molecule has 9 heteroatoms. The van der Waals surface area contributed by atoms with Gasteiger partial charge in [0.05, 0.1) is 18.2 Å². The minimum absolute atomic E-state index is 0.115. The third-order valence-electron chi connectivity index (χ3n) is 5.18. The first-order valence-electron chi connectivity index (χ1n) is 9.71. The van der Waals surface area contributed by atoms with Crippen molar-refractivity contribution in [1.82, 2.24) is 9.80 Å². The summed E-state index contributed by atoms with van der Waals surface area (Å²) in [4.78, 5) is 28.0. The van der Waals surface area contributed by atoms with E-state index in [4.69, 9.17) is 5.73 Å². The average Bonchev–Trinajstić information content (AvgIpc) is 2.73. The van der Waals surface area contributed by atoms with Gasteiger partial charge in [0.25, 0.3) is 0 Å². The van der Waals surface area contributed by atoms with Gasteiger partial charge in [-0.3, -0.25) is 9.59 Å². The van der Waals surface area contributed by atoms with Crippen LogP contribution in [0.3, 0.4) is 0 Å². The summed E-state index contributed by atoms with van der Waals surface area (Å²) in [5, 5.41) is 9.18. The van der Waals surface area contributed by atoms with Crippen LogP contribution in [0.1, 0.15) is 23.1 Å². The maximum Gasteiger partial charge on any atom is 0.242 e. The Kier molecular flexibility index (Phi) is 6.92. The lowest BCUT2D eigenvalue weighted by atomic mass is 10.0. The van der Waals surface area contributed by atoms with Gasteiger partial charge in [-0.05, 0) is 29.7 Å². The number of hydrogen-bond donors (Lipinski definition) is 1. The van der Waals surface area contributed by atoms with Crippen molar-refractivity contribution in [2.24, 2.45) is 5.73 Å². The van der Waals surface area contributed by atoms with E-state index in [9.17, 15) is 28.0 Å². The third-order valence-corrected chi connectivity index (χ3v) is 5.18. The lowest BCUT2D eigenvalue weighted by Gasteiger charge is -2.35. The lowest BCUT2D eigenvalue weighted by molar-refractivity contribution is -0.145. The first kappa shape index (κ1) is 22.3. The molecule has 0 aliphatic carbocycles. The number of halogens is 3. The van der Waals surface area contributed by atoms with Crippen LogP contribution < -0.4 is 5.73 Å². The van der Waals surface area contributed by atoms with Crippen LogP contribution in [0.5, 0.6) is 0 Å². The second-order valence-electron chi connectivity index (χ2n) is 7.43. The highest BCUT2D eigenvalue weighted by Gasteiger charge is 2.28. The van der Waals surface area contributed by atoms with Gasteiger partial charge >= 0.3 is 0 Å². The Bertz CT molecular complexity index is 1040. The van der Waals surface area contributed by atoms with E-state index in [1.807, 2.05) is 0 Å². The molecule has 0 aromatic heterocycles. The van der Waals surface area contributed by atoms with Crippen molar-refractivity contribution < 1.29 is 22.8 Å². The van der Waals surface area contributed by atoms with Gasteiger partial charge in [0, 0.05) is 38.2 Å². The normalized spacial score (nSPS) is 15.0. The van der Waals surface area contributed by atoms with Gasteiger partial charge in [0.15, 0.2) is 11.6 Å². The minimum Gasteiger partial charge on any atom is -0.335 e. The van der Waals surface area contributed by atoms with Crippen LogP contribution in [0, 0.1) is 28.8 Å². The molecule has 1 heterocycles. The Morgan fingerprint density at radius 1 is 1.10 bits per heavy atom. The smallest absolute Gasteiger partial charge is 0.242 e. The number of amides is 2. The summed E-state index contributed by atoms with van der Waals surface area (Å²) >= 11 is 0. The van der Waals surface area contributed by atoms with E-state index in [1.54, 1.807) is 29.2 Å². The monoisotopic (exact) mass is 430 g/mol. The molecule has 1 aliphatic rings. The predicted octanol–water partition coefficient (Wildman–Crippen LogP) is 2.11. The fraction of sp³-hybridized carbons (Fsp3) is 0.318. The zero-order valence-corrected chi connectivity index (χ0v) is 16.7. The summed E-state index contributed by atoms with van der Waals surface area (Å²) in [6, 6.07) is 9.44. The lowest BCUT2D eigenvalue weighted by Crippen LogP contribution is -2.52. The van der Waals surface area contributed by atoms with Crippen molar-refractivity contribution in [2.75, 3.05) is 19.6 Å². The molecule has 31 heavy (non-hydrogen) atoms. The Morgan fingerprint density at radius 3 is 2.52 bits per heavy atom. The number of rotatable bonds is 6. The van der Waals surface area contributed by atoms with E-state index in [0.717, 1.165) is 11.6 Å². The van der Waals surface area contributed by atoms with E-state index >= 15 is 0 Å². The number of carbonyl (C=O) groups is 2. The number of nitrogens with two attached hydrogens (primary N) is 1. The second-order valence-corrected chi connectivity index (χ2v) is 7.43. The third kappa shape index (κ3) is 5.41. The number of carbonyl (C=O) groups excluding carboxylic acids is 2. The molecule has 1 aliphatic heterocycles. The molecule has 0 saturated carbocycles. The molecule has 6 nitrogen and oxygen atoms in total. The maximum atomic E-state index is 13.8. The number of piperazine rings is 1.